The van der Waals surface area contributed by atoms with Gasteiger partial charge in [-0.1, -0.05) is 52.3 Å². The van der Waals surface area contributed by atoms with E-state index in [-0.39, 0.29) is 6.04 Å². The molecule has 21 heavy (non-hydrogen) atoms. The second-order valence-corrected chi connectivity index (χ2v) is 5.81. The van der Waals surface area contributed by atoms with Gasteiger partial charge in [0.2, 0.25) is 0 Å². The number of halogens is 1. The average Bonchev–Trinajstić information content (AvgIpc) is 2.54. The van der Waals surface area contributed by atoms with Crippen LogP contribution in [0.1, 0.15) is 17.2 Å². The summed E-state index contributed by atoms with van der Waals surface area (Å²) >= 11 is 3.60. The molecule has 0 saturated carbocycles. The molecule has 0 aliphatic rings. The number of nitrogens with one attached hydrogen (secondary N) is 1. The highest BCUT2D eigenvalue weighted by Crippen LogP contribution is 2.28. The first-order valence-electron chi connectivity index (χ1n) is 6.82. The number of hydrogen-bond acceptors (Lipinski definition) is 3. The molecule has 1 unspecified atom stereocenters. The van der Waals surface area contributed by atoms with Crippen LogP contribution < -0.4 is 11.3 Å². The van der Waals surface area contributed by atoms with Crippen LogP contribution in [0.2, 0.25) is 0 Å². The van der Waals surface area contributed by atoms with Gasteiger partial charge in [-0.2, -0.15) is 0 Å². The minimum absolute atomic E-state index is 0.0507. The molecule has 0 fully saturated rings. The smallest absolute Gasteiger partial charge is 0.0506 e. The number of fused-ring (bicyclic) bond motifs is 1. The standard InChI is InChI=1S/C17H16BrN3/c18-16-7-2-1-4-12(16)10-17(21-19)15-6-3-5-13-11-20-9-8-14(13)15/h1-9,11,17,21H,10,19H2. The number of nitrogens with zero attached hydrogens (tertiary/aromatic N) is 1. The van der Waals surface area contributed by atoms with E-state index in [1.54, 1.807) is 0 Å². The number of aromatic nitrogens is 1. The Morgan fingerprint density at radius 2 is 1.95 bits per heavy atom. The predicted octanol–water partition coefficient (Wildman–Crippen LogP) is 3.74. The van der Waals surface area contributed by atoms with Gasteiger partial charge in [-0.05, 0) is 35.1 Å². The van der Waals surface area contributed by atoms with Crippen molar-refractivity contribution in [2.24, 2.45) is 5.84 Å². The summed E-state index contributed by atoms with van der Waals surface area (Å²) < 4.78 is 1.10. The summed E-state index contributed by atoms with van der Waals surface area (Å²) in [6.07, 6.45) is 4.52. The van der Waals surface area contributed by atoms with Crippen molar-refractivity contribution >= 4 is 26.7 Å². The normalized spacial score (nSPS) is 12.5. The van der Waals surface area contributed by atoms with E-state index in [9.17, 15) is 0 Å². The molecule has 106 valence electrons. The van der Waals surface area contributed by atoms with E-state index < -0.39 is 0 Å². The molecule has 3 N–H and O–H groups in total. The lowest BCUT2D eigenvalue weighted by Gasteiger charge is -2.19. The van der Waals surface area contributed by atoms with Crippen LogP contribution in [0.3, 0.4) is 0 Å². The van der Waals surface area contributed by atoms with Crippen molar-refractivity contribution in [1.29, 1.82) is 0 Å². The second-order valence-electron chi connectivity index (χ2n) is 4.96. The van der Waals surface area contributed by atoms with Crippen molar-refractivity contribution in [3.63, 3.8) is 0 Å². The molecular formula is C17H16BrN3. The maximum Gasteiger partial charge on any atom is 0.0506 e. The topological polar surface area (TPSA) is 50.9 Å². The van der Waals surface area contributed by atoms with Gasteiger partial charge in [-0.15, -0.1) is 0 Å². The lowest BCUT2D eigenvalue weighted by atomic mass is 9.95. The summed E-state index contributed by atoms with van der Waals surface area (Å²) in [6, 6.07) is 16.5. The molecule has 3 aromatic rings. The lowest BCUT2D eigenvalue weighted by molar-refractivity contribution is 0.554. The van der Waals surface area contributed by atoms with E-state index in [0.29, 0.717) is 0 Å². The van der Waals surface area contributed by atoms with E-state index in [4.69, 9.17) is 5.84 Å². The van der Waals surface area contributed by atoms with E-state index >= 15 is 0 Å². The third-order valence-electron chi connectivity index (χ3n) is 3.67. The Morgan fingerprint density at radius 3 is 2.76 bits per heavy atom. The largest absolute Gasteiger partial charge is 0.271 e. The number of nitrogens with two attached hydrogens (primary N) is 1. The van der Waals surface area contributed by atoms with Crippen LogP contribution in [0.25, 0.3) is 10.8 Å². The molecule has 0 saturated heterocycles. The van der Waals surface area contributed by atoms with Gasteiger partial charge < -0.3 is 0 Å². The summed E-state index contributed by atoms with van der Waals surface area (Å²) in [5.41, 5.74) is 5.36. The predicted molar refractivity (Wildman–Crippen MR) is 89.7 cm³/mol. The molecule has 0 spiro atoms. The van der Waals surface area contributed by atoms with Crippen molar-refractivity contribution in [3.05, 3.63) is 76.5 Å². The zero-order valence-electron chi connectivity index (χ0n) is 11.5. The highest BCUT2D eigenvalue weighted by atomic mass is 79.9. The van der Waals surface area contributed by atoms with Gasteiger partial charge in [-0.25, -0.2) is 0 Å². The fraction of sp³-hybridized carbons (Fsp3) is 0.118. The number of hydrogen-bond donors (Lipinski definition) is 2. The number of rotatable bonds is 4. The Labute approximate surface area is 132 Å². The zero-order chi connectivity index (χ0) is 14.7. The summed E-state index contributed by atoms with van der Waals surface area (Å²) in [7, 11) is 0. The average molecular weight is 342 g/mol. The molecule has 1 heterocycles. The highest BCUT2D eigenvalue weighted by molar-refractivity contribution is 9.10. The molecule has 4 heteroatoms. The van der Waals surface area contributed by atoms with E-state index in [1.165, 1.54) is 16.5 Å². The van der Waals surface area contributed by atoms with Crippen LogP contribution in [0, 0.1) is 0 Å². The first-order chi connectivity index (χ1) is 10.3. The van der Waals surface area contributed by atoms with Crippen LogP contribution in [0.5, 0.6) is 0 Å². The fourth-order valence-electron chi connectivity index (χ4n) is 2.59. The Balaban J connectivity index is 2.01. The lowest BCUT2D eigenvalue weighted by Crippen LogP contribution is -2.29. The molecule has 0 bridgehead atoms. The first-order valence-corrected chi connectivity index (χ1v) is 7.61. The molecule has 0 aliphatic carbocycles. The number of pyridine rings is 1. The summed E-state index contributed by atoms with van der Waals surface area (Å²) in [5.74, 6) is 5.81. The SMILES string of the molecule is NNC(Cc1ccccc1Br)c1cccc2cnccc12. The highest BCUT2D eigenvalue weighted by Gasteiger charge is 2.14. The third-order valence-corrected chi connectivity index (χ3v) is 4.45. The Bertz CT molecular complexity index is 752. The summed E-state index contributed by atoms with van der Waals surface area (Å²) in [5, 5.41) is 2.31. The van der Waals surface area contributed by atoms with E-state index in [2.05, 4.69) is 50.6 Å². The molecule has 0 aliphatic heterocycles. The molecule has 0 radical (unpaired) electrons. The van der Waals surface area contributed by atoms with Gasteiger partial charge in [-0.3, -0.25) is 16.3 Å². The fourth-order valence-corrected chi connectivity index (χ4v) is 3.04. The first kappa shape index (κ1) is 14.2. The molecule has 1 atom stereocenters. The van der Waals surface area contributed by atoms with Crippen LogP contribution in [0.4, 0.5) is 0 Å². The van der Waals surface area contributed by atoms with E-state index in [0.717, 1.165) is 16.3 Å². The quantitative estimate of drug-likeness (QED) is 0.561. The van der Waals surface area contributed by atoms with Crippen LogP contribution in [-0.4, -0.2) is 4.98 Å². The van der Waals surface area contributed by atoms with Gasteiger partial charge in [0.05, 0.1) is 6.04 Å². The maximum atomic E-state index is 5.81. The molecule has 0 amide bonds. The summed E-state index contributed by atoms with van der Waals surface area (Å²) in [4.78, 5) is 4.18. The third kappa shape index (κ3) is 2.97. The maximum absolute atomic E-state index is 5.81. The van der Waals surface area contributed by atoms with Gasteiger partial charge in [0.15, 0.2) is 0 Å². The van der Waals surface area contributed by atoms with Crippen molar-refractivity contribution < 1.29 is 0 Å². The molecule has 3 nitrogen and oxygen atoms in total. The monoisotopic (exact) mass is 341 g/mol. The minimum atomic E-state index is 0.0507. The van der Waals surface area contributed by atoms with Crippen molar-refractivity contribution in [3.8, 4) is 0 Å². The van der Waals surface area contributed by atoms with Crippen LogP contribution in [0.15, 0.2) is 65.4 Å². The molecule has 3 rings (SSSR count). The minimum Gasteiger partial charge on any atom is -0.271 e. The number of benzene rings is 2. The van der Waals surface area contributed by atoms with Gasteiger partial charge >= 0.3 is 0 Å². The zero-order valence-corrected chi connectivity index (χ0v) is 13.0. The Kier molecular flexibility index (Phi) is 4.29. The van der Waals surface area contributed by atoms with Gasteiger partial charge in [0, 0.05) is 22.3 Å². The second kappa shape index (κ2) is 6.35. The molecule has 2 aromatic carbocycles. The van der Waals surface area contributed by atoms with Crippen molar-refractivity contribution in [2.45, 2.75) is 12.5 Å². The van der Waals surface area contributed by atoms with E-state index in [1.807, 2.05) is 36.7 Å². The Hall–Kier alpha value is -1.75. The van der Waals surface area contributed by atoms with Crippen LogP contribution >= 0.6 is 15.9 Å². The van der Waals surface area contributed by atoms with Gasteiger partial charge in [0.1, 0.15) is 0 Å². The Morgan fingerprint density at radius 1 is 1.10 bits per heavy atom. The number of hydrazine groups is 1. The summed E-state index contributed by atoms with van der Waals surface area (Å²) in [6.45, 7) is 0. The van der Waals surface area contributed by atoms with Crippen molar-refractivity contribution in [1.82, 2.24) is 10.4 Å². The van der Waals surface area contributed by atoms with Crippen LogP contribution in [-0.2, 0) is 6.42 Å². The molecular weight excluding hydrogens is 326 g/mol. The van der Waals surface area contributed by atoms with Crippen molar-refractivity contribution in [2.75, 3.05) is 0 Å². The molecule has 1 aromatic heterocycles. The van der Waals surface area contributed by atoms with Gasteiger partial charge in [0.25, 0.3) is 0 Å².